The number of benzene rings is 1. The van der Waals surface area contributed by atoms with Gasteiger partial charge < -0.3 is 10.6 Å². The molecule has 0 bridgehead atoms. The first-order chi connectivity index (χ1) is 10.4. The summed E-state index contributed by atoms with van der Waals surface area (Å²) in [4.78, 5) is 16.3. The molecule has 2 N–H and O–H groups in total. The highest BCUT2D eigenvalue weighted by Crippen LogP contribution is 2.16. The fraction of sp³-hybridized carbons (Fsp3) is 0.235. The molecule has 1 amide bonds. The van der Waals surface area contributed by atoms with Crippen molar-refractivity contribution in [3.8, 4) is 6.07 Å². The lowest BCUT2D eigenvalue weighted by Gasteiger charge is -2.21. The van der Waals surface area contributed by atoms with Crippen LogP contribution in [-0.2, 0) is 0 Å². The highest BCUT2D eigenvalue weighted by Gasteiger charge is 2.12. The Kier molecular flexibility index (Phi) is 4.42. The summed E-state index contributed by atoms with van der Waals surface area (Å²) in [6, 6.07) is 12.4. The minimum Gasteiger partial charge on any atom is -0.379 e. The highest BCUT2D eigenvalue weighted by atomic mass is 16.1. The maximum Gasteiger partial charge on any atom is 0.274 e. The van der Waals surface area contributed by atoms with Gasteiger partial charge >= 0.3 is 0 Å². The molecule has 0 aliphatic rings. The van der Waals surface area contributed by atoms with Gasteiger partial charge in [0.25, 0.3) is 5.91 Å². The summed E-state index contributed by atoms with van der Waals surface area (Å²) < 4.78 is 0. The number of hydrogen-bond acceptors (Lipinski definition) is 4. The van der Waals surface area contributed by atoms with Gasteiger partial charge in [-0.15, -0.1) is 0 Å². The second kappa shape index (κ2) is 6.27. The number of nitrogens with one attached hydrogen (secondary N) is 2. The van der Waals surface area contributed by atoms with Crippen molar-refractivity contribution in [2.24, 2.45) is 0 Å². The van der Waals surface area contributed by atoms with Crippen molar-refractivity contribution >= 4 is 17.3 Å². The van der Waals surface area contributed by atoms with Gasteiger partial charge in [-0.25, -0.2) is 4.98 Å². The van der Waals surface area contributed by atoms with E-state index in [1.807, 2.05) is 32.9 Å². The van der Waals surface area contributed by atoms with Crippen molar-refractivity contribution in [3.05, 3.63) is 53.9 Å². The molecule has 5 heteroatoms. The molecule has 1 aromatic heterocycles. The van der Waals surface area contributed by atoms with Crippen molar-refractivity contribution in [2.75, 3.05) is 10.6 Å². The number of nitriles is 1. The van der Waals surface area contributed by atoms with Crippen molar-refractivity contribution in [2.45, 2.75) is 26.3 Å². The molecule has 2 aromatic rings. The minimum atomic E-state index is -0.343. The molecule has 0 saturated carbocycles. The van der Waals surface area contributed by atoms with Gasteiger partial charge in [0, 0.05) is 5.54 Å². The molecular weight excluding hydrogens is 276 g/mol. The Bertz CT molecular complexity index is 709. The summed E-state index contributed by atoms with van der Waals surface area (Å²) in [5.41, 5.74) is 1.97. The zero-order valence-corrected chi connectivity index (χ0v) is 12.8. The van der Waals surface area contributed by atoms with Crippen LogP contribution < -0.4 is 10.6 Å². The highest BCUT2D eigenvalue weighted by molar-refractivity contribution is 6.03. The van der Waals surface area contributed by atoms with Gasteiger partial charge in [-0.1, -0.05) is 12.1 Å². The Hall–Kier alpha value is -2.87. The number of pyridine rings is 1. The molecule has 2 rings (SSSR count). The van der Waals surface area contributed by atoms with E-state index in [0.717, 1.165) is 5.69 Å². The molecule has 0 radical (unpaired) electrons. The predicted molar refractivity (Wildman–Crippen MR) is 86.7 cm³/mol. The number of aromatic nitrogens is 1. The van der Waals surface area contributed by atoms with E-state index in [4.69, 9.17) is 5.26 Å². The van der Waals surface area contributed by atoms with Crippen LogP contribution in [0.4, 0.5) is 11.4 Å². The number of rotatable bonds is 3. The minimum absolute atomic E-state index is 0.0722. The molecular formula is C17H18N4O. The van der Waals surface area contributed by atoms with Crippen LogP contribution in [0.15, 0.2) is 42.6 Å². The van der Waals surface area contributed by atoms with Gasteiger partial charge in [-0.2, -0.15) is 5.26 Å². The molecule has 0 aliphatic heterocycles. The van der Waals surface area contributed by atoms with Crippen molar-refractivity contribution in [3.63, 3.8) is 0 Å². The average Bonchev–Trinajstić information content (AvgIpc) is 2.47. The largest absolute Gasteiger partial charge is 0.379 e. The van der Waals surface area contributed by atoms with Gasteiger partial charge in [0.2, 0.25) is 0 Å². The fourth-order valence-corrected chi connectivity index (χ4v) is 1.91. The Balaban J connectivity index is 2.12. The van der Waals surface area contributed by atoms with Crippen molar-refractivity contribution in [1.29, 1.82) is 5.26 Å². The van der Waals surface area contributed by atoms with Crippen LogP contribution in [0.25, 0.3) is 0 Å². The molecule has 112 valence electrons. The Labute approximate surface area is 130 Å². The summed E-state index contributed by atoms with van der Waals surface area (Å²) in [5.74, 6) is -0.343. The molecule has 1 aromatic carbocycles. The van der Waals surface area contributed by atoms with Gasteiger partial charge in [0.15, 0.2) is 0 Å². The van der Waals surface area contributed by atoms with Gasteiger partial charge in [0.1, 0.15) is 11.8 Å². The van der Waals surface area contributed by atoms with Gasteiger partial charge in [-0.05, 0) is 45.0 Å². The summed E-state index contributed by atoms with van der Waals surface area (Å²) in [5, 5.41) is 15.0. The molecule has 0 unspecified atom stereocenters. The van der Waals surface area contributed by atoms with E-state index in [9.17, 15) is 4.79 Å². The number of hydrogen-bond donors (Lipinski definition) is 2. The van der Waals surface area contributed by atoms with Crippen LogP contribution in [0.1, 0.15) is 36.8 Å². The molecule has 0 fully saturated rings. The molecule has 0 saturated heterocycles. The Morgan fingerprint density at radius 1 is 1.18 bits per heavy atom. The second-order valence-electron chi connectivity index (χ2n) is 5.92. The predicted octanol–water partition coefficient (Wildman–Crippen LogP) is 3.42. The SMILES string of the molecule is CC(C)(C)Nc1ccc(C(=O)Nc2ccccc2C#N)nc1. The van der Waals surface area contributed by atoms with Crippen LogP contribution in [0.5, 0.6) is 0 Å². The lowest BCUT2D eigenvalue weighted by Crippen LogP contribution is -2.26. The van der Waals surface area contributed by atoms with E-state index < -0.39 is 0 Å². The van der Waals surface area contributed by atoms with Crippen LogP contribution >= 0.6 is 0 Å². The van der Waals surface area contributed by atoms with Gasteiger partial charge in [0.05, 0.1) is 23.1 Å². The number of carbonyl (C=O) groups excluding carboxylic acids is 1. The maximum absolute atomic E-state index is 12.2. The summed E-state index contributed by atoms with van der Waals surface area (Å²) in [7, 11) is 0. The average molecular weight is 294 g/mol. The molecule has 0 spiro atoms. The van der Waals surface area contributed by atoms with Crippen molar-refractivity contribution < 1.29 is 4.79 Å². The topological polar surface area (TPSA) is 77.8 Å². The lowest BCUT2D eigenvalue weighted by molar-refractivity contribution is 0.102. The van der Waals surface area contributed by atoms with Crippen LogP contribution in [-0.4, -0.2) is 16.4 Å². The van der Waals surface area contributed by atoms with Gasteiger partial charge in [-0.3, -0.25) is 4.79 Å². The number of anilines is 2. The third kappa shape index (κ3) is 4.06. The first kappa shape index (κ1) is 15.5. The Morgan fingerprint density at radius 3 is 2.50 bits per heavy atom. The van der Waals surface area contributed by atoms with E-state index in [2.05, 4.69) is 15.6 Å². The smallest absolute Gasteiger partial charge is 0.274 e. The summed E-state index contributed by atoms with van der Waals surface area (Å²) in [6.07, 6.45) is 1.62. The van der Waals surface area contributed by atoms with E-state index in [1.54, 1.807) is 36.5 Å². The second-order valence-corrected chi connectivity index (χ2v) is 5.92. The lowest BCUT2D eigenvalue weighted by atomic mass is 10.1. The van der Waals surface area contributed by atoms with E-state index >= 15 is 0 Å². The zero-order valence-electron chi connectivity index (χ0n) is 12.8. The first-order valence-corrected chi connectivity index (χ1v) is 6.94. The number of amides is 1. The standard InChI is InChI=1S/C17H18N4O/c1-17(2,3)21-13-8-9-15(19-11-13)16(22)20-14-7-5-4-6-12(14)10-18/h4-9,11,21H,1-3H3,(H,20,22). The van der Waals surface area contributed by atoms with E-state index in [1.165, 1.54) is 0 Å². The van der Waals surface area contributed by atoms with Crippen LogP contribution in [0.2, 0.25) is 0 Å². The maximum atomic E-state index is 12.2. The summed E-state index contributed by atoms with van der Waals surface area (Å²) in [6.45, 7) is 6.14. The molecule has 22 heavy (non-hydrogen) atoms. The molecule has 0 aliphatic carbocycles. The van der Waals surface area contributed by atoms with Crippen molar-refractivity contribution in [1.82, 2.24) is 4.98 Å². The summed E-state index contributed by atoms with van der Waals surface area (Å²) >= 11 is 0. The molecule has 1 heterocycles. The first-order valence-electron chi connectivity index (χ1n) is 6.94. The number of nitrogens with zero attached hydrogens (tertiary/aromatic N) is 2. The quantitative estimate of drug-likeness (QED) is 0.909. The normalized spacial score (nSPS) is 10.6. The molecule has 5 nitrogen and oxygen atoms in total. The monoisotopic (exact) mass is 294 g/mol. The van der Waals surface area contributed by atoms with E-state index in [0.29, 0.717) is 16.9 Å². The number of para-hydroxylation sites is 1. The third-order valence-electron chi connectivity index (χ3n) is 2.81. The fourth-order valence-electron chi connectivity index (χ4n) is 1.91. The number of carbonyl (C=O) groups is 1. The van der Waals surface area contributed by atoms with Crippen LogP contribution in [0, 0.1) is 11.3 Å². The Morgan fingerprint density at radius 2 is 1.91 bits per heavy atom. The third-order valence-corrected chi connectivity index (χ3v) is 2.81. The van der Waals surface area contributed by atoms with Crippen LogP contribution in [0.3, 0.4) is 0 Å². The molecule has 0 atom stereocenters. The zero-order chi connectivity index (χ0) is 16.2. The van der Waals surface area contributed by atoms with E-state index in [-0.39, 0.29) is 11.4 Å².